The van der Waals surface area contributed by atoms with Gasteiger partial charge in [-0.1, -0.05) is 31.1 Å². The topological polar surface area (TPSA) is 48.1 Å². The van der Waals surface area contributed by atoms with Crippen LogP contribution in [0.5, 0.6) is 5.75 Å². The predicted octanol–water partition coefficient (Wildman–Crippen LogP) is 3.96. The molecule has 0 saturated heterocycles. The first kappa shape index (κ1) is 12.9. The monoisotopic (exact) mass is 262 g/mol. The minimum absolute atomic E-state index is 0.602. The average molecular weight is 262 g/mol. The van der Waals surface area contributed by atoms with Gasteiger partial charge in [0.1, 0.15) is 5.75 Å². The van der Waals surface area contributed by atoms with Gasteiger partial charge in [-0.05, 0) is 36.2 Å². The third kappa shape index (κ3) is 3.47. The lowest BCUT2D eigenvalue weighted by Crippen LogP contribution is -1.96. The van der Waals surface area contributed by atoms with Crippen molar-refractivity contribution in [3.8, 4) is 16.2 Å². The van der Waals surface area contributed by atoms with Crippen molar-refractivity contribution in [1.29, 1.82) is 0 Å². The van der Waals surface area contributed by atoms with Gasteiger partial charge in [-0.25, -0.2) is 4.98 Å². The summed E-state index contributed by atoms with van der Waals surface area (Å²) >= 11 is 1.50. The summed E-state index contributed by atoms with van der Waals surface area (Å²) in [6.45, 7) is 2.98. The van der Waals surface area contributed by atoms with E-state index in [0.717, 1.165) is 29.2 Å². The Balaban J connectivity index is 1.93. The normalized spacial score (nSPS) is 10.5. The Morgan fingerprint density at radius 3 is 2.61 bits per heavy atom. The number of aromatic nitrogens is 1. The van der Waals surface area contributed by atoms with E-state index in [1.165, 1.54) is 24.2 Å². The molecule has 2 aromatic rings. The molecule has 96 valence electrons. The van der Waals surface area contributed by atoms with E-state index in [9.17, 15) is 0 Å². The van der Waals surface area contributed by atoms with Crippen LogP contribution in [0.25, 0.3) is 10.4 Å². The quantitative estimate of drug-likeness (QED) is 0.801. The van der Waals surface area contributed by atoms with Gasteiger partial charge in [0.25, 0.3) is 0 Å². The maximum atomic E-state index is 5.67. The molecule has 18 heavy (non-hydrogen) atoms. The summed E-state index contributed by atoms with van der Waals surface area (Å²) in [6, 6.07) is 8.08. The first-order valence-corrected chi connectivity index (χ1v) is 7.06. The average Bonchev–Trinajstić information content (AvgIpc) is 2.82. The summed E-state index contributed by atoms with van der Waals surface area (Å²) in [4.78, 5) is 5.14. The summed E-state index contributed by atoms with van der Waals surface area (Å²) in [6.07, 6.45) is 5.36. The van der Waals surface area contributed by atoms with Crippen LogP contribution in [0.2, 0.25) is 0 Å². The van der Waals surface area contributed by atoms with Crippen molar-refractivity contribution >= 4 is 16.5 Å². The predicted molar refractivity (Wildman–Crippen MR) is 77.0 cm³/mol. The zero-order chi connectivity index (χ0) is 12.8. The number of rotatable bonds is 6. The van der Waals surface area contributed by atoms with Gasteiger partial charge in [-0.2, -0.15) is 0 Å². The number of nitrogens with zero attached hydrogens (tertiary/aromatic N) is 1. The highest BCUT2D eigenvalue weighted by atomic mass is 32.1. The summed E-state index contributed by atoms with van der Waals surface area (Å²) < 4.78 is 5.67. The number of thiazole rings is 1. The molecule has 0 aliphatic carbocycles. The second-order valence-corrected chi connectivity index (χ2v) is 5.20. The van der Waals surface area contributed by atoms with Gasteiger partial charge >= 0.3 is 0 Å². The van der Waals surface area contributed by atoms with Crippen LogP contribution < -0.4 is 10.5 Å². The highest BCUT2D eigenvalue weighted by Gasteiger charge is 2.02. The number of unbranched alkanes of at least 4 members (excludes halogenated alkanes) is 2. The van der Waals surface area contributed by atoms with E-state index in [2.05, 4.69) is 11.9 Å². The minimum Gasteiger partial charge on any atom is -0.494 e. The molecular formula is C14H18N2OS. The van der Waals surface area contributed by atoms with Crippen molar-refractivity contribution in [1.82, 2.24) is 4.98 Å². The Labute approximate surface area is 112 Å². The number of hydrogen-bond donors (Lipinski definition) is 1. The molecule has 0 amide bonds. The molecular weight excluding hydrogens is 244 g/mol. The Morgan fingerprint density at radius 2 is 2.00 bits per heavy atom. The highest BCUT2D eigenvalue weighted by Crippen LogP contribution is 2.28. The van der Waals surface area contributed by atoms with Gasteiger partial charge in [0, 0.05) is 6.20 Å². The van der Waals surface area contributed by atoms with E-state index in [-0.39, 0.29) is 0 Å². The van der Waals surface area contributed by atoms with Gasteiger partial charge < -0.3 is 10.5 Å². The molecule has 0 saturated carbocycles. The summed E-state index contributed by atoms with van der Waals surface area (Å²) in [5.74, 6) is 0.923. The molecule has 1 aromatic carbocycles. The van der Waals surface area contributed by atoms with E-state index in [4.69, 9.17) is 10.5 Å². The molecule has 0 fully saturated rings. The molecule has 0 aliphatic rings. The SMILES string of the molecule is CCCCCOc1ccc(-c2cnc(N)s2)cc1. The summed E-state index contributed by atoms with van der Waals surface area (Å²) in [5, 5.41) is 0.602. The van der Waals surface area contributed by atoms with Gasteiger partial charge in [-0.15, -0.1) is 0 Å². The summed E-state index contributed by atoms with van der Waals surface area (Å²) in [5.41, 5.74) is 6.75. The van der Waals surface area contributed by atoms with E-state index >= 15 is 0 Å². The van der Waals surface area contributed by atoms with E-state index in [1.54, 1.807) is 6.20 Å². The Hall–Kier alpha value is -1.55. The number of nitrogen functional groups attached to an aromatic ring is 1. The fourth-order valence-corrected chi connectivity index (χ4v) is 2.37. The largest absolute Gasteiger partial charge is 0.494 e. The molecule has 1 heterocycles. The van der Waals surface area contributed by atoms with Crippen molar-refractivity contribution in [2.24, 2.45) is 0 Å². The van der Waals surface area contributed by atoms with Crippen LogP contribution in [0.1, 0.15) is 26.2 Å². The smallest absolute Gasteiger partial charge is 0.180 e. The summed E-state index contributed by atoms with van der Waals surface area (Å²) in [7, 11) is 0. The Bertz CT molecular complexity index is 479. The van der Waals surface area contributed by atoms with Crippen LogP contribution in [0, 0.1) is 0 Å². The molecule has 0 aliphatic heterocycles. The van der Waals surface area contributed by atoms with Crippen molar-refractivity contribution < 1.29 is 4.74 Å². The second-order valence-electron chi connectivity index (χ2n) is 4.14. The van der Waals surface area contributed by atoms with Gasteiger partial charge in [0.2, 0.25) is 0 Å². The van der Waals surface area contributed by atoms with Gasteiger partial charge in [0.15, 0.2) is 5.13 Å². The van der Waals surface area contributed by atoms with Crippen molar-refractivity contribution in [2.45, 2.75) is 26.2 Å². The lowest BCUT2D eigenvalue weighted by atomic mass is 10.2. The molecule has 2 rings (SSSR count). The Kier molecular flexibility index (Phi) is 4.59. The fraction of sp³-hybridized carbons (Fsp3) is 0.357. The fourth-order valence-electron chi connectivity index (χ4n) is 1.68. The molecule has 0 atom stereocenters. The standard InChI is InChI=1S/C14H18N2OS/c1-2-3-4-9-17-12-7-5-11(6-8-12)13-10-16-14(15)18-13/h5-8,10H,2-4,9H2,1H3,(H2,15,16). The van der Waals surface area contributed by atoms with Crippen molar-refractivity contribution in [3.05, 3.63) is 30.5 Å². The van der Waals surface area contributed by atoms with Crippen molar-refractivity contribution in [3.63, 3.8) is 0 Å². The van der Waals surface area contributed by atoms with Crippen LogP contribution >= 0.6 is 11.3 Å². The molecule has 0 unspecified atom stereocenters. The van der Waals surface area contributed by atoms with Crippen LogP contribution in [-0.4, -0.2) is 11.6 Å². The maximum Gasteiger partial charge on any atom is 0.180 e. The van der Waals surface area contributed by atoms with Gasteiger partial charge in [0.05, 0.1) is 11.5 Å². The third-order valence-corrected chi connectivity index (χ3v) is 3.55. The Morgan fingerprint density at radius 1 is 1.22 bits per heavy atom. The molecule has 0 spiro atoms. The molecule has 1 aromatic heterocycles. The third-order valence-electron chi connectivity index (χ3n) is 2.68. The van der Waals surface area contributed by atoms with Crippen LogP contribution in [0.15, 0.2) is 30.5 Å². The number of nitrogens with two attached hydrogens (primary N) is 1. The maximum absolute atomic E-state index is 5.67. The lowest BCUT2D eigenvalue weighted by Gasteiger charge is -2.06. The molecule has 2 N–H and O–H groups in total. The first-order chi connectivity index (χ1) is 8.79. The van der Waals surface area contributed by atoms with E-state index in [0.29, 0.717) is 5.13 Å². The second kappa shape index (κ2) is 6.40. The van der Waals surface area contributed by atoms with E-state index < -0.39 is 0 Å². The first-order valence-electron chi connectivity index (χ1n) is 6.24. The van der Waals surface area contributed by atoms with Crippen molar-refractivity contribution in [2.75, 3.05) is 12.3 Å². The van der Waals surface area contributed by atoms with E-state index in [1.807, 2.05) is 24.3 Å². The number of hydrogen-bond acceptors (Lipinski definition) is 4. The zero-order valence-electron chi connectivity index (χ0n) is 10.6. The molecule has 4 heteroatoms. The van der Waals surface area contributed by atoms with Crippen LogP contribution in [0.3, 0.4) is 0 Å². The van der Waals surface area contributed by atoms with Crippen LogP contribution in [-0.2, 0) is 0 Å². The highest BCUT2D eigenvalue weighted by molar-refractivity contribution is 7.18. The van der Waals surface area contributed by atoms with Crippen LogP contribution in [0.4, 0.5) is 5.13 Å². The molecule has 0 bridgehead atoms. The number of anilines is 1. The lowest BCUT2D eigenvalue weighted by molar-refractivity contribution is 0.306. The number of benzene rings is 1. The minimum atomic E-state index is 0.602. The molecule has 3 nitrogen and oxygen atoms in total. The zero-order valence-corrected chi connectivity index (χ0v) is 11.4. The van der Waals surface area contributed by atoms with Gasteiger partial charge in [-0.3, -0.25) is 0 Å². The molecule has 0 radical (unpaired) electrons. The number of ether oxygens (including phenoxy) is 1.